The number of nitrogens with one attached hydrogen (secondary N) is 2. The van der Waals surface area contributed by atoms with E-state index in [9.17, 15) is 4.79 Å². The number of nitrogens with zero attached hydrogens (tertiary/aromatic N) is 3. The molecule has 1 aromatic heterocycles. The quantitative estimate of drug-likeness (QED) is 0.344. The van der Waals surface area contributed by atoms with E-state index in [1.54, 1.807) is 0 Å². The maximum Gasteiger partial charge on any atom is 0.225 e. The van der Waals surface area contributed by atoms with E-state index in [2.05, 4.69) is 51.7 Å². The largest absolute Gasteiger partial charge is 0.357 e. The Morgan fingerprint density at radius 2 is 1.97 bits per heavy atom. The van der Waals surface area contributed by atoms with Gasteiger partial charge in [0.15, 0.2) is 5.96 Å². The monoisotopic (exact) mass is 535 g/mol. The summed E-state index contributed by atoms with van der Waals surface area (Å²) in [6, 6.07) is 10.5. The Balaban J connectivity index is 0.00000272. The van der Waals surface area contributed by atoms with Crippen LogP contribution < -0.4 is 10.6 Å². The topological polar surface area (TPSA) is 69.6 Å². The molecule has 1 aliphatic heterocycles. The van der Waals surface area contributed by atoms with Crippen LogP contribution in [0.15, 0.2) is 41.5 Å². The third-order valence-corrected chi connectivity index (χ3v) is 6.26. The molecule has 2 fully saturated rings. The highest BCUT2D eigenvalue weighted by Crippen LogP contribution is 2.26. The second-order valence-corrected chi connectivity index (χ2v) is 8.44. The molecular formula is C24H34IN5O. The van der Waals surface area contributed by atoms with Gasteiger partial charge in [0.05, 0.1) is 12.1 Å². The maximum absolute atomic E-state index is 12.8. The van der Waals surface area contributed by atoms with E-state index in [0.717, 1.165) is 61.3 Å². The Labute approximate surface area is 202 Å². The fourth-order valence-corrected chi connectivity index (χ4v) is 4.66. The molecule has 6 nitrogen and oxygen atoms in total. The average molecular weight is 535 g/mol. The number of carbonyl (C=O) groups is 1. The molecule has 0 bridgehead atoms. The molecule has 1 aliphatic carbocycles. The number of pyridine rings is 1. The molecule has 1 unspecified atom stereocenters. The minimum absolute atomic E-state index is 0. The van der Waals surface area contributed by atoms with Gasteiger partial charge in [0.25, 0.3) is 0 Å². The fraction of sp³-hybridized carbons (Fsp3) is 0.542. The summed E-state index contributed by atoms with van der Waals surface area (Å²) in [7, 11) is 0. The van der Waals surface area contributed by atoms with Gasteiger partial charge >= 0.3 is 0 Å². The van der Waals surface area contributed by atoms with Crippen molar-refractivity contribution >= 4 is 46.7 Å². The molecule has 1 saturated carbocycles. The lowest BCUT2D eigenvalue weighted by Crippen LogP contribution is -2.45. The van der Waals surface area contributed by atoms with Gasteiger partial charge in [-0.1, -0.05) is 43.5 Å². The summed E-state index contributed by atoms with van der Waals surface area (Å²) < 4.78 is 0. The van der Waals surface area contributed by atoms with Gasteiger partial charge in [0.1, 0.15) is 0 Å². The zero-order chi connectivity index (χ0) is 20.8. The highest BCUT2D eigenvalue weighted by molar-refractivity contribution is 14.0. The lowest BCUT2D eigenvalue weighted by molar-refractivity contribution is -0.135. The van der Waals surface area contributed by atoms with Crippen LogP contribution in [0.5, 0.6) is 0 Å². The summed E-state index contributed by atoms with van der Waals surface area (Å²) >= 11 is 0. The molecule has 31 heavy (non-hydrogen) atoms. The predicted molar refractivity (Wildman–Crippen MR) is 137 cm³/mol. The molecule has 0 radical (unpaired) electrons. The van der Waals surface area contributed by atoms with Crippen molar-refractivity contribution in [2.75, 3.05) is 19.6 Å². The SMILES string of the molecule is CCNC(=NCc1cccc2cccnc12)NC1CCN(C(=O)C2CCCCC2)C1.I. The van der Waals surface area contributed by atoms with E-state index >= 15 is 0 Å². The minimum Gasteiger partial charge on any atom is -0.357 e. The van der Waals surface area contributed by atoms with Crippen LogP contribution >= 0.6 is 24.0 Å². The number of amides is 1. The Morgan fingerprint density at radius 3 is 2.77 bits per heavy atom. The highest BCUT2D eigenvalue weighted by Gasteiger charge is 2.31. The van der Waals surface area contributed by atoms with Crippen molar-refractivity contribution in [1.82, 2.24) is 20.5 Å². The summed E-state index contributed by atoms with van der Waals surface area (Å²) in [6.45, 7) is 5.07. The van der Waals surface area contributed by atoms with Gasteiger partial charge in [-0.3, -0.25) is 9.78 Å². The number of carbonyl (C=O) groups excluding carboxylic acids is 1. The number of hydrogen-bond donors (Lipinski definition) is 2. The Morgan fingerprint density at radius 1 is 1.16 bits per heavy atom. The van der Waals surface area contributed by atoms with Crippen molar-refractivity contribution in [1.29, 1.82) is 0 Å². The molecule has 2 aliphatic rings. The van der Waals surface area contributed by atoms with Crippen molar-refractivity contribution in [3.05, 3.63) is 42.1 Å². The van der Waals surface area contributed by atoms with E-state index in [-0.39, 0.29) is 35.9 Å². The van der Waals surface area contributed by atoms with Crippen LogP contribution in [0.25, 0.3) is 10.9 Å². The minimum atomic E-state index is 0. The summed E-state index contributed by atoms with van der Waals surface area (Å²) in [6.07, 6.45) is 8.61. The van der Waals surface area contributed by atoms with Crippen LogP contribution in [0.2, 0.25) is 0 Å². The first-order chi connectivity index (χ1) is 14.7. The lowest BCUT2D eigenvalue weighted by Gasteiger charge is -2.26. The first-order valence-electron chi connectivity index (χ1n) is 11.4. The summed E-state index contributed by atoms with van der Waals surface area (Å²) in [5.74, 6) is 1.42. The average Bonchev–Trinajstić information content (AvgIpc) is 3.26. The van der Waals surface area contributed by atoms with E-state index in [1.165, 1.54) is 19.3 Å². The molecule has 7 heteroatoms. The van der Waals surface area contributed by atoms with Crippen molar-refractivity contribution in [3.8, 4) is 0 Å². The van der Waals surface area contributed by atoms with E-state index in [4.69, 9.17) is 4.99 Å². The van der Waals surface area contributed by atoms with E-state index in [0.29, 0.717) is 12.5 Å². The van der Waals surface area contributed by atoms with Crippen LogP contribution in [-0.2, 0) is 11.3 Å². The molecule has 1 aromatic carbocycles. The maximum atomic E-state index is 12.8. The number of hydrogen-bond acceptors (Lipinski definition) is 3. The Kier molecular flexibility index (Phi) is 8.92. The second kappa shape index (κ2) is 11.6. The molecule has 168 valence electrons. The molecule has 1 saturated heterocycles. The van der Waals surface area contributed by atoms with Crippen molar-refractivity contribution < 1.29 is 4.79 Å². The molecular weight excluding hydrogens is 501 g/mol. The first-order valence-corrected chi connectivity index (χ1v) is 11.4. The van der Waals surface area contributed by atoms with E-state index < -0.39 is 0 Å². The zero-order valence-electron chi connectivity index (χ0n) is 18.3. The first kappa shape index (κ1) is 23.8. The molecule has 0 spiro atoms. The van der Waals surface area contributed by atoms with Gasteiger partial charge in [-0.15, -0.1) is 24.0 Å². The smallest absolute Gasteiger partial charge is 0.225 e. The van der Waals surface area contributed by atoms with Crippen LogP contribution in [0.1, 0.15) is 51.0 Å². The van der Waals surface area contributed by atoms with Crippen molar-refractivity contribution in [2.24, 2.45) is 10.9 Å². The van der Waals surface area contributed by atoms with Crippen LogP contribution in [0, 0.1) is 5.92 Å². The second-order valence-electron chi connectivity index (χ2n) is 8.44. The number of aliphatic imine (C=N–C) groups is 1. The number of rotatable bonds is 5. The van der Waals surface area contributed by atoms with Gasteiger partial charge in [0, 0.05) is 43.2 Å². The molecule has 2 heterocycles. The van der Waals surface area contributed by atoms with Gasteiger partial charge in [-0.05, 0) is 37.8 Å². The summed E-state index contributed by atoms with van der Waals surface area (Å²) in [5, 5.41) is 8.03. The number of benzene rings is 1. The van der Waals surface area contributed by atoms with Crippen molar-refractivity contribution in [2.45, 2.75) is 58.0 Å². The molecule has 4 rings (SSSR count). The number of aromatic nitrogens is 1. The summed E-state index contributed by atoms with van der Waals surface area (Å²) in [5.41, 5.74) is 2.12. The zero-order valence-corrected chi connectivity index (χ0v) is 20.7. The third kappa shape index (κ3) is 6.08. The molecule has 2 aromatic rings. The number of para-hydroxylation sites is 1. The van der Waals surface area contributed by atoms with Gasteiger partial charge < -0.3 is 15.5 Å². The van der Waals surface area contributed by atoms with Gasteiger partial charge in [-0.2, -0.15) is 0 Å². The normalized spacial score (nSPS) is 19.8. The molecule has 2 N–H and O–H groups in total. The number of fused-ring (bicyclic) bond motifs is 1. The number of guanidine groups is 1. The van der Waals surface area contributed by atoms with Crippen LogP contribution in [0.3, 0.4) is 0 Å². The van der Waals surface area contributed by atoms with Crippen molar-refractivity contribution in [3.63, 3.8) is 0 Å². The standard InChI is InChI=1S/C24H33N5O.HI/c1-2-25-24(27-16-20-11-6-10-18-12-7-14-26-22(18)20)28-21-13-15-29(17-21)23(30)19-8-4-3-5-9-19;/h6-7,10-12,14,19,21H,2-5,8-9,13,15-17H2,1H3,(H2,25,27,28);1H. The van der Waals surface area contributed by atoms with Gasteiger partial charge in [-0.25, -0.2) is 4.99 Å². The number of halogens is 1. The van der Waals surface area contributed by atoms with Crippen LogP contribution in [0.4, 0.5) is 0 Å². The Bertz CT molecular complexity index is 891. The summed E-state index contributed by atoms with van der Waals surface area (Å²) in [4.78, 5) is 24.2. The van der Waals surface area contributed by atoms with Gasteiger partial charge in [0.2, 0.25) is 5.91 Å². The molecule has 1 amide bonds. The lowest BCUT2D eigenvalue weighted by atomic mass is 9.88. The third-order valence-electron chi connectivity index (χ3n) is 6.26. The molecule has 1 atom stereocenters. The number of likely N-dealkylation sites (tertiary alicyclic amines) is 1. The fourth-order valence-electron chi connectivity index (χ4n) is 4.66. The predicted octanol–water partition coefficient (Wildman–Crippen LogP) is 4.09. The van der Waals surface area contributed by atoms with Crippen LogP contribution in [-0.4, -0.2) is 47.4 Å². The van der Waals surface area contributed by atoms with E-state index in [1.807, 2.05) is 12.3 Å². The highest BCUT2D eigenvalue weighted by atomic mass is 127. The Hall–Kier alpha value is -1.90.